The Morgan fingerprint density at radius 2 is 1.94 bits per heavy atom. The summed E-state index contributed by atoms with van der Waals surface area (Å²) in [7, 11) is 0. The first-order valence-electron chi connectivity index (χ1n) is 6.48. The lowest BCUT2D eigenvalue weighted by Crippen LogP contribution is -2.29. The van der Waals surface area contributed by atoms with E-state index in [0.717, 1.165) is 5.92 Å². The molecule has 2 rings (SSSR count). The second-order valence-electron chi connectivity index (χ2n) is 5.33. The Morgan fingerprint density at radius 1 is 1.25 bits per heavy atom. The van der Waals surface area contributed by atoms with E-state index in [9.17, 15) is 0 Å². The van der Waals surface area contributed by atoms with Crippen LogP contribution in [-0.4, -0.2) is 6.04 Å². The zero-order chi connectivity index (χ0) is 11.5. The molecule has 2 atom stereocenters. The largest absolute Gasteiger partial charge is 0.308 e. The van der Waals surface area contributed by atoms with Crippen molar-refractivity contribution in [1.29, 1.82) is 0 Å². The van der Waals surface area contributed by atoms with E-state index in [0.29, 0.717) is 12.1 Å². The molecule has 1 fully saturated rings. The molecular weight excluding hydrogens is 194 g/mol. The van der Waals surface area contributed by atoms with E-state index in [-0.39, 0.29) is 0 Å². The second-order valence-corrected chi connectivity index (χ2v) is 5.33. The second kappa shape index (κ2) is 5.01. The van der Waals surface area contributed by atoms with Gasteiger partial charge in [-0.25, -0.2) is 0 Å². The van der Waals surface area contributed by atoms with E-state index in [1.165, 1.54) is 30.4 Å². The summed E-state index contributed by atoms with van der Waals surface area (Å²) in [4.78, 5) is 0. The molecular formula is C15H23N. The molecule has 0 radical (unpaired) electrons. The lowest BCUT2D eigenvalue weighted by molar-refractivity contribution is 0.437. The van der Waals surface area contributed by atoms with Crippen molar-refractivity contribution in [1.82, 2.24) is 5.32 Å². The van der Waals surface area contributed by atoms with Crippen LogP contribution >= 0.6 is 0 Å². The smallest absolute Gasteiger partial charge is 0.0296 e. The van der Waals surface area contributed by atoms with Crippen LogP contribution in [0.2, 0.25) is 0 Å². The van der Waals surface area contributed by atoms with E-state index in [1.54, 1.807) is 0 Å². The number of benzene rings is 1. The highest BCUT2D eigenvalue weighted by molar-refractivity contribution is 5.28. The molecule has 1 saturated carbocycles. The molecule has 0 aliphatic heterocycles. The summed E-state index contributed by atoms with van der Waals surface area (Å²) < 4.78 is 0. The van der Waals surface area contributed by atoms with Gasteiger partial charge in [-0.15, -0.1) is 0 Å². The highest BCUT2D eigenvalue weighted by atomic mass is 14.9. The standard InChI is InChI=1S/C15H23N/c1-11-6-4-5-7-15(11)13(3)16-12(2)10-14-8-9-14/h4-7,12-14,16H,8-10H2,1-3H3/t12?,13-/m1/s1. The highest BCUT2D eigenvalue weighted by Gasteiger charge is 2.24. The van der Waals surface area contributed by atoms with E-state index in [2.05, 4.69) is 50.4 Å². The van der Waals surface area contributed by atoms with Crippen molar-refractivity contribution in [3.8, 4) is 0 Å². The third kappa shape index (κ3) is 3.08. The van der Waals surface area contributed by atoms with E-state index in [4.69, 9.17) is 0 Å². The van der Waals surface area contributed by atoms with Gasteiger partial charge in [-0.1, -0.05) is 37.1 Å². The van der Waals surface area contributed by atoms with Gasteiger partial charge in [-0.2, -0.15) is 0 Å². The molecule has 16 heavy (non-hydrogen) atoms. The first kappa shape index (κ1) is 11.7. The SMILES string of the molecule is Cc1ccccc1[C@@H](C)NC(C)CC1CC1. The number of aryl methyl sites for hydroxylation is 1. The van der Waals surface area contributed by atoms with Crippen LogP contribution in [0.25, 0.3) is 0 Å². The first-order valence-corrected chi connectivity index (χ1v) is 6.48. The Bertz CT molecular complexity index is 341. The topological polar surface area (TPSA) is 12.0 Å². The molecule has 1 heteroatoms. The van der Waals surface area contributed by atoms with Gasteiger partial charge in [-0.05, 0) is 44.2 Å². The van der Waals surface area contributed by atoms with Crippen molar-refractivity contribution in [2.45, 2.75) is 52.1 Å². The Morgan fingerprint density at radius 3 is 2.56 bits per heavy atom. The zero-order valence-corrected chi connectivity index (χ0v) is 10.7. The summed E-state index contributed by atoms with van der Waals surface area (Å²) in [5, 5.41) is 3.71. The van der Waals surface area contributed by atoms with Gasteiger partial charge < -0.3 is 5.32 Å². The highest BCUT2D eigenvalue weighted by Crippen LogP contribution is 2.33. The Balaban J connectivity index is 1.91. The first-order chi connectivity index (χ1) is 7.66. The maximum atomic E-state index is 3.71. The quantitative estimate of drug-likeness (QED) is 0.790. The van der Waals surface area contributed by atoms with Crippen LogP contribution < -0.4 is 5.32 Å². The summed E-state index contributed by atoms with van der Waals surface area (Å²) in [5.41, 5.74) is 2.83. The average Bonchev–Trinajstić information content (AvgIpc) is 3.01. The van der Waals surface area contributed by atoms with Crippen LogP contribution in [0.1, 0.15) is 50.3 Å². The fraction of sp³-hybridized carbons (Fsp3) is 0.600. The molecule has 1 aliphatic carbocycles. The van der Waals surface area contributed by atoms with Crippen LogP contribution in [0.5, 0.6) is 0 Å². The van der Waals surface area contributed by atoms with Crippen molar-refractivity contribution >= 4 is 0 Å². The zero-order valence-electron chi connectivity index (χ0n) is 10.7. The third-order valence-electron chi connectivity index (χ3n) is 3.57. The van der Waals surface area contributed by atoms with Crippen molar-refractivity contribution in [2.24, 2.45) is 5.92 Å². The Labute approximate surface area is 99.3 Å². The van der Waals surface area contributed by atoms with Crippen LogP contribution in [0.3, 0.4) is 0 Å². The summed E-state index contributed by atoms with van der Waals surface area (Å²) in [5.74, 6) is 1.01. The van der Waals surface area contributed by atoms with E-state index >= 15 is 0 Å². The van der Waals surface area contributed by atoms with Crippen molar-refractivity contribution in [3.63, 3.8) is 0 Å². The fourth-order valence-corrected chi connectivity index (χ4v) is 2.51. The molecule has 1 N–H and O–H groups in total. The van der Waals surface area contributed by atoms with Gasteiger partial charge >= 0.3 is 0 Å². The van der Waals surface area contributed by atoms with Crippen LogP contribution in [0.4, 0.5) is 0 Å². The van der Waals surface area contributed by atoms with Crippen molar-refractivity contribution in [2.75, 3.05) is 0 Å². The molecule has 1 unspecified atom stereocenters. The molecule has 0 aromatic heterocycles. The number of hydrogen-bond donors (Lipinski definition) is 1. The lowest BCUT2D eigenvalue weighted by atomic mass is 10.0. The van der Waals surface area contributed by atoms with E-state index < -0.39 is 0 Å². The van der Waals surface area contributed by atoms with Crippen LogP contribution in [-0.2, 0) is 0 Å². The molecule has 0 saturated heterocycles. The normalized spacial score (nSPS) is 19.4. The molecule has 0 amide bonds. The number of nitrogens with one attached hydrogen (secondary N) is 1. The minimum Gasteiger partial charge on any atom is -0.308 e. The summed E-state index contributed by atoms with van der Waals surface area (Å²) in [6.07, 6.45) is 4.24. The van der Waals surface area contributed by atoms with Gasteiger partial charge in [0.05, 0.1) is 0 Å². The lowest BCUT2D eigenvalue weighted by Gasteiger charge is -2.21. The molecule has 0 bridgehead atoms. The monoisotopic (exact) mass is 217 g/mol. The fourth-order valence-electron chi connectivity index (χ4n) is 2.51. The minimum atomic E-state index is 0.468. The van der Waals surface area contributed by atoms with Gasteiger partial charge in [0.2, 0.25) is 0 Å². The van der Waals surface area contributed by atoms with Gasteiger partial charge in [0.15, 0.2) is 0 Å². The number of rotatable bonds is 5. The van der Waals surface area contributed by atoms with Crippen LogP contribution in [0, 0.1) is 12.8 Å². The third-order valence-corrected chi connectivity index (χ3v) is 3.57. The molecule has 1 nitrogen and oxygen atoms in total. The average molecular weight is 217 g/mol. The van der Waals surface area contributed by atoms with Gasteiger partial charge in [0.25, 0.3) is 0 Å². The predicted molar refractivity (Wildman–Crippen MR) is 69.5 cm³/mol. The van der Waals surface area contributed by atoms with Crippen molar-refractivity contribution < 1.29 is 0 Å². The molecule has 0 heterocycles. The van der Waals surface area contributed by atoms with E-state index in [1.807, 2.05) is 0 Å². The van der Waals surface area contributed by atoms with Crippen LogP contribution in [0.15, 0.2) is 24.3 Å². The van der Waals surface area contributed by atoms with Gasteiger partial charge in [-0.3, -0.25) is 0 Å². The Kier molecular flexibility index (Phi) is 3.65. The maximum Gasteiger partial charge on any atom is 0.0296 e. The van der Waals surface area contributed by atoms with Gasteiger partial charge in [0.1, 0.15) is 0 Å². The number of hydrogen-bond acceptors (Lipinski definition) is 1. The molecule has 0 spiro atoms. The molecule has 1 aliphatic rings. The molecule has 1 aromatic carbocycles. The summed E-state index contributed by atoms with van der Waals surface area (Å²) in [6, 6.07) is 9.78. The molecule has 1 aromatic rings. The summed E-state index contributed by atoms with van der Waals surface area (Å²) in [6.45, 7) is 6.78. The maximum absolute atomic E-state index is 3.71. The van der Waals surface area contributed by atoms with Gasteiger partial charge in [0, 0.05) is 12.1 Å². The minimum absolute atomic E-state index is 0.468. The van der Waals surface area contributed by atoms with Crippen molar-refractivity contribution in [3.05, 3.63) is 35.4 Å². The molecule has 88 valence electrons. The predicted octanol–water partition coefficient (Wildman–Crippen LogP) is 3.83. The summed E-state index contributed by atoms with van der Waals surface area (Å²) >= 11 is 0. The Hall–Kier alpha value is -0.820.